The fourth-order valence-electron chi connectivity index (χ4n) is 1.56. The minimum absolute atomic E-state index is 0.225. The van der Waals surface area contributed by atoms with Crippen LogP contribution in [0.5, 0.6) is 0 Å². The van der Waals surface area contributed by atoms with Crippen molar-refractivity contribution in [3.8, 4) is 0 Å². The molecule has 0 saturated heterocycles. The van der Waals surface area contributed by atoms with Crippen LogP contribution >= 0.6 is 15.9 Å². The lowest BCUT2D eigenvalue weighted by atomic mass is 9.89. The first kappa shape index (κ1) is 14.7. The summed E-state index contributed by atoms with van der Waals surface area (Å²) in [5.74, 6) is 0.958. The third-order valence-electron chi connectivity index (χ3n) is 2.89. The van der Waals surface area contributed by atoms with Crippen LogP contribution in [0.3, 0.4) is 0 Å². The molecule has 0 saturated carbocycles. The van der Waals surface area contributed by atoms with Crippen LogP contribution in [0.15, 0.2) is 21.2 Å². The van der Waals surface area contributed by atoms with Gasteiger partial charge < -0.3 is 14.5 Å². The van der Waals surface area contributed by atoms with Crippen LogP contribution in [0, 0.1) is 5.41 Å². The molecule has 0 aliphatic heterocycles. The predicted octanol–water partition coefficient (Wildman–Crippen LogP) is 3.76. The zero-order chi connectivity index (χ0) is 12.9. The van der Waals surface area contributed by atoms with Gasteiger partial charge in [-0.05, 0) is 46.8 Å². The second-order valence-electron chi connectivity index (χ2n) is 5.15. The van der Waals surface area contributed by atoms with Crippen molar-refractivity contribution in [2.75, 3.05) is 20.3 Å². The van der Waals surface area contributed by atoms with Crippen LogP contribution in [0.25, 0.3) is 0 Å². The molecule has 0 spiro atoms. The first-order valence-electron chi connectivity index (χ1n) is 5.92. The Balaban J connectivity index is 2.39. The van der Waals surface area contributed by atoms with Crippen molar-refractivity contribution in [3.63, 3.8) is 0 Å². The van der Waals surface area contributed by atoms with Crippen LogP contribution in [-0.4, -0.2) is 20.3 Å². The third kappa shape index (κ3) is 5.23. The molecule has 1 atom stereocenters. The van der Waals surface area contributed by atoms with Gasteiger partial charge in [-0.15, -0.1) is 0 Å². The van der Waals surface area contributed by atoms with E-state index in [-0.39, 0.29) is 11.5 Å². The number of rotatable bonds is 7. The van der Waals surface area contributed by atoms with E-state index < -0.39 is 0 Å². The maximum absolute atomic E-state index is 5.52. The lowest BCUT2D eigenvalue weighted by molar-refractivity contribution is 0.148. The van der Waals surface area contributed by atoms with Crippen molar-refractivity contribution >= 4 is 15.9 Å². The summed E-state index contributed by atoms with van der Waals surface area (Å²) in [7, 11) is 1.74. The first-order chi connectivity index (χ1) is 7.94. The molecule has 4 heteroatoms. The van der Waals surface area contributed by atoms with Crippen LogP contribution in [0.1, 0.15) is 39.0 Å². The fraction of sp³-hybridized carbons (Fsp3) is 0.692. The van der Waals surface area contributed by atoms with Crippen molar-refractivity contribution in [2.45, 2.75) is 33.2 Å². The summed E-state index contributed by atoms with van der Waals surface area (Å²) in [5.41, 5.74) is 0.230. The van der Waals surface area contributed by atoms with Crippen LogP contribution < -0.4 is 5.32 Å². The molecule has 0 amide bonds. The van der Waals surface area contributed by atoms with Crippen molar-refractivity contribution < 1.29 is 9.15 Å². The summed E-state index contributed by atoms with van der Waals surface area (Å²) in [6, 6.07) is 4.14. The Morgan fingerprint density at radius 3 is 2.71 bits per heavy atom. The van der Waals surface area contributed by atoms with E-state index in [2.05, 4.69) is 42.0 Å². The minimum atomic E-state index is 0.225. The molecule has 1 aromatic heterocycles. The highest BCUT2D eigenvalue weighted by atomic mass is 79.9. The maximum Gasteiger partial charge on any atom is 0.169 e. The number of nitrogens with one attached hydrogen (secondary N) is 1. The van der Waals surface area contributed by atoms with Gasteiger partial charge in [-0.1, -0.05) is 13.8 Å². The van der Waals surface area contributed by atoms with Crippen LogP contribution in [0.2, 0.25) is 0 Å². The molecule has 1 N–H and O–H groups in total. The Bertz CT molecular complexity index is 336. The average molecular weight is 304 g/mol. The molecular formula is C13H22BrNO2. The molecule has 0 fully saturated rings. The summed E-state index contributed by atoms with van der Waals surface area (Å²) in [5, 5.41) is 3.49. The molecule has 1 unspecified atom stereocenters. The molecule has 3 nitrogen and oxygen atoms in total. The van der Waals surface area contributed by atoms with Crippen LogP contribution in [0.4, 0.5) is 0 Å². The number of furan rings is 1. The van der Waals surface area contributed by atoms with Crippen molar-refractivity contribution in [3.05, 3.63) is 22.6 Å². The largest absolute Gasteiger partial charge is 0.453 e. The quantitative estimate of drug-likeness (QED) is 0.833. The molecule has 0 aliphatic rings. The van der Waals surface area contributed by atoms with E-state index in [1.54, 1.807) is 7.11 Å². The van der Waals surface area contributed by atoms with E-state index in [9.17, 15) is 0 Å². The highest BCUT2D eigenvalue weighted by Gasteiger charge is 2.19. The lowest BCUT2D eigenvalue weighted by Crippen LogP contribution is -2.32. The molecule has 98 valence electrons. The van der Waals surface area contributed by atoms with Gasteiger partial charge in [-0.2, -0.15) is 0 Å². The van der Waals surface area contributed by atoms with E-state index in [1.165, 1.54) is 0 Å². The second-order valence-corrected chi connectivity index (χ2v) is 5.93. The Morgan fingerprint density at radius 2 is 2.18 bits per heavy atom. The van der Waals surface area contributed by atoms with E-state index >= 15 is 0 Å². The van der Waals surface area contributed by atoms with Crippen molar-refractivity contribution in [2.24, 2.45) is 5.41 Å². The highest BCUT2D eigenvalue weighted by Crippen LogP contribution is 2.23. The Kier molecular flexibility index (Phi) is 5.70. The van der Waals surface area contributed by atoms with Gasteiger partial charge in [0.1, 0.15) is 5.76 Å². The lowest BCUT2D eigenvalue weighted by Gasteiger charge is -2.26. The van der Waals surface area contributed by atoms with E-state index in [0.29, 0.717) is 0 Å². The Hall–Kier alpha value is -0.320. The van der Waals surface area contributed by atoms with Crippen LogP contribution in [-0.2, 0) is 4.74 Å². The summed E-state index contributed by atoms with van der Waals surface area (Å²) in [6.45, 7) is 8.33. The first-order valence-corrected chi connectivity index (χ1v) is 6.71. The molecule has 0 radical (unpaired) electrons. The highest BCUT2D eigenvalue weighted by molar-refractivity contribution is 9.10. The molecule has 1 rings (SSSR count). The van der Waals surface area contributed by atoms with E-state index in [0.717, 1.165) is 30.0 Å². The fourth-order valence-corrected chi connectivity index (χ4v) is 1.88. The van der Waals surface area contributed by atoms with Crippen molar-refractivity contribution in [1.29, 1.82) is 0 Å². The SMILES string of the molecule is COCCC(C)(C)CNC(C)c1ccc(Br)o1. The second kappa shape index (κ2) is 6.57. The zero-order valence-corrected chi connectivity index (χ0v) is 12.6. The normalized spacial score (nSPS) is 13.9. The number of hydrogen-bond acceptors (Lipinski definition) is 3. The number of hydrogen-bond donors (Lipinski definition) is 1. The summed E-state index contributed by atoms with van der Waals surface area (Å²) in [6.07, 6.45) is 1.05. The molecule has 0 bridgehead atoms. The average Bonchev–Trinajstić information content (AvgIpc) is 2.70. The summed E-state index contributed by atoms with van der Waals surface area (Å²) >= 11 is 3.31. The van der Waals surface area contributed by atoms with Gasteiger partial charge in [-0.3, -0.25) is 0 Å². The standard InChI is InChI=1S/C13H22BrNO2/c1-10(11-5-6-12(14)17-11)15-9-13(2,3)7-8-16-4/h5-6,10,15H,7-9H2,1-4H3. The number of methoxy groups -OCH3 is 1. The topological polar surface area (TPSA) is 34.4 Å². The monoisotopic (exact) mass is 303 g/mol. The molecule has 17 heavy (non-hydrogen) atoms. The third-order valence-corrected chi connectivity index (χ3v) is 3.32. The molecule has 0 aliphatic carbocycles. The minimum Gasteiger partial charge on any atom is -0.453 e. The van der Waals surface area contributed by atoms with Gasteiger partial charge in [0.25, 0.3) is 0 Å². The summed E-state index contributed by atoms with van der Waals surface area (Å²) < 4.78 is 11.4. The number of halogens is 1. The van der Waals surface area contributed by atoms with Crippen molar-refractivity contribution in [1.82, 2.24) is 5.32 Å². The smallest absolute Gasteiger partial charge is 0.169 e. The Morgan fingerprint density at radius 1 is 1.47 bits per heavy atom. The van der Waals surface area contributed by atoms with Gasteiger partial charge in [0, 0.05) is 20.3 Å². The maximum atomic E-state index is 5.52. The van der Waals surface area contributed by atoms with Gasteiger partial charge in [0.05, 0.1) is 6.04 Å². The van der Waals surface area contributed by atoms with Gasteiger partial charge in [0.2, 0.25) is 0 Å². The van der Waals surface area contributed by atoms with Gasteiger partial charge in [-0.25, -0.2) is 0 Å². The summed E-state index contributed by atoms with van der Waals surface area (Å²) in [4.78, 5) is 0. The van der Waals surface area contributed by atoms with E-state index in [1.807, 2.05) is 12.1 Å². The zero-order valence-electron chi connectivity index (χ0n) is 11.0. The van der Waals surface area contributed by atoms with E-state index in [4.69, 9.17) is 9.15 Å². The van der Waals surface area contributed by atoms with Gasteiger partial charge in [0.15, 0.2) is 4.67 Å². The molecule has 0 aromatic carbocycles. The van der Waals surface area contributed by atoms with Gasteiger partial charge >= 0.3 is 0 Å². The molecule has 1 heterocycles. The molecular weight excluding hydrogens is 282 g/mol. The number of ether oxygens (including phenoxy) is 1. The molecule has 1 aromatic rings. The Labute approximate surface area is 112 Å². The predicted molar refractivity (Wildman–Crippen MR) is 73.1 cm³/mol.